The molecule has 0 atom stereocenters. The molecule has 0 aliphatic rings. The first kappa shape index (κ1) is 22.4. The zero-order valence-electron chi connectivity index (χ0n) is 17.7. The summed E-state index contributed by atoms with van der Waals surface area (Å²) in [6.45, 7) is 4.25. The van der Waals surface area contributed by atoms with Gasteiger partial charge in [0.1, 0.15) is 22.8 Å². The molecule has 3 N–H and O–H groups in total. The molecule has 2 aromatic carbocycles. The molecule has 1 aromatic heterocycles. The number of carbonyl (C=O) groups excluding carboxylic acids is 1. The van der Waals surface area contributed by atoms with Crippen LogP contribution in [0.3, 0.4) is 0 Å². The molecule has 0 spiro atoms. The number of methoxy groups -OCH3 is 1. The van der Waals surface area contributed by atoms with Gasteiger partial charge in [0, 0.05) is 17.0 Å². The van der Waals surface area contributed by atoms with Gasteiger partial charge in [0.2, 0.25) is 0 Å². The van der Waals surface area contributed by atoms with Crippen LogP contribution in [0.1, 0.15) is 40.6 Å². The van der Waals surface area contributed by atoms with Crippen LogP contribution in [0.4, 0.5) is 0 Å². The maximum Gasteiger partial charge on any atom is 0.263 e. The monoisotopic (exact) mass is 440 g/mol. The normalized spacial score (nSPS) is 11.4. The van der Waals surface area contributed by atoms with Gasteiger partial charge in [0.25, 0.3) is 5.91 Å². The number of hydrogen-bond acceptors (Lipinski definition) is 5. The summed E-state index contributed by atoms with van der Waals surface area (Å²) in [6.07, 6.45) is 1.37. The highest BCUT2D eigenvalue weighted by atomic mass is 35.5. The highest BCUT2D eigenvalue weighted by molar-refractivity contribution is 6.30. The van der Waals surface area contributed by atoms with Crippen molar-refractivity contribution in [3.63, 3.8) is 0 Å². The lowest BCUT2D eigenvalue weighted by Gasteiger charge is -2.07. The first-order valence-electron chi connectivity index (χ1n) is 9.91. The van der Waals surface area contributed by atoms with E-state index in [1.807, 2.05) is 44.2 Å². The van der Waals surface area contributed by atoms with Crippen LogP contribution in [0.15, 0.2) is 52.0 Å². The fourth-order valence-corrected chi connectivity index (χ4v) is 3.51. The fraction of sp³-hybridized carbons (Fsp3) is 0.261. The average Bonchev–Trinajstić information content (AvgIpc) is 3.16. The highest BCUT2D eigenvalue weighted by Crippen LogP contribution is 2.28. The van der Waals surface area contributed by atoms with Gasteiger partial charge in [-0.3, -0.25) is 10.1 Å². The van der Waals surface area contributed by atoms with E-state index >= 15 is 0 Å². The maximum absolute atomic E-state index is 13.0. The van der Waals surface area contributed by atoms with E-state index < -0.39 is 5.91 Å². The molecule has 1 amide bonds. The van der Waals surface area contributed by atoms with Crippen LogP contribution < -0.4 is 15.8 Å². The number of ether oxygens (including phenoxy) is 1. The first-order valence-corrected chi connectivity index (χ1v) is 10.3. The van der Waals surface area contributed by atoms with E-state index in [4.69, 9.17) is 26.6 Å². The summed E-state index contributed by atoms with van der Waals surface area (Å²) in [4.78, 5) is 17.3. The Morgan fingerprint density at radius 3 is 2.65 bits per heavy atom. The van der Waals surface area contributed by atoms with Crippen molar-refractivity contribution in [3.05, 3.63) is 69.9 Å². The third kappa shape index (κ3) is 5.64. The second-order valence-corrected chi connectivity index (χ2v) is 7.54. The van der Waals surface area contributed by atoms with Gasteiger partial charge in [-0.15, -0.1) is 0 Å². The predicted molar refractivity (Wildman–Crippen MR) is 121 cm³/mol. The van der Waals surface area contributed by atoms with Crippen LogP contribution in [0, 0.1) is 6.92 Å². The lowest BCUT2D eigenvalue weighted by atomic mass is 10.0. The average molecular weight is 441 g/mol. The van der Waals surface area contributed by atoms with Crippen molar-refractivity contribution in [2.24, 2.45) is 10.7 Å². The summed E-state index contributed by atoms with van der Waals surface area (Å²) >= 11 is 6.08. The molecule has 0 saturated carbocycles. The molecular formula is C23H25ClN4O3. The van der Waals surface area contributed by atoms with Crippen LogP contribution in [0.5, 0.6) is 5.75 Å². The Morgan fingerprint density at radius 1 is 1.26 bits per heavy atom. The van der Waals surface area contributed by atoms with Gasteiger partial charge in [0.05, 0.1) is 13.7 Å². The quantitative estimate of drug-likeness (QED) is 0.415. The van der Waals surface area contributed by atoms with Crippen molar-refractivity contribution in [2.75, 3.05) is 7.11 Å². The summed E-state index contributed by atoms with van der Waals surface area (Å²) in [6, 6.07) is 12.9. The molecule has 8 heteroatoms. The standard InChI is InChI=1S/C23H25ClN4O3/c1-4-5-19-20(21(28-31-19)16-6-8-18(30-3)9-7-16)22(29)27-23(25)26-13-15-10-14(2)11-17(24)12-15/h6-12H,4-5,13H2,1-3H3,(H3,25,26,27,29). The number of aromatic nitrogens is 1. The van der Waals surface area contributed by atoms with Gasteiger partial charge in [-0.1, -0.05) is 29.7 Å². The molecule has 0 unspecified atom stereocenters. The van der Waals surface area contributed by atoms with Gasteiger partial charge >= 0.3 is 0 Å². The second kappa shape index (κ2) is 10.1. The van der Waals surface area contributed by atoms with Gasteiger partial charge in [-0.05, 0) is 60.9 Å². The summed E-state index contributed by atoms with van der Waals surface area (Å²) in [7, 11) is 1.59. The van der Waals surface area contributed by atoms with Gasteiger partial charge in [0.15, 0.2) is 5.96 Å². The number of halogens is 1. The molecule has 3 aromatic rings. The minimum Gasteiger partial charge on any atom is -0.497 e. The van der Waals surface area contributed by atoms with E-state index in [1.165, 1.54) is 0 Å². The molecule has 0 saturated heterocycles. The van der Waals surface area contributed by atoms with Crippen molar-refractivity contribution >= 4 is 23.5 Å². The molecule has 0 radical (unpaired) electrons. The smallest absolute Gasteiger partial charge is 0.263 e. The Balaban J connectivity index is 1.82. The SMILES string of the molecule is CCCc1onc(-c2ccc(OC)cc2)c1C(=O)NC(N)=NCc1cc(C)cc(Cl)c1. The van der Waals surface area contributed by atoms with Crippen molar-refractivity contribution < 1.29 is 14.1 Å². The summed E-state index contributed by atoms with van der Waals surface area (Å²) in [5.74, 6) is 0.801. The Hall–Kier alpha value is -3.32. The van der Waals surface area contributed by atoms with E-state index in [2.05, 4.69) is 15.5 Å². The largest absolute Gasteiger partial charge is 0.497 e. The number of nitrogens with one attached hydrogen (secondary N) is 1. The van der Waals surface area contributed by atoms with E-state index in [1.54, 1.807) is 19.2 Å². The van der Waals surface area contributed by atoms with Crippen LogP contribution in [-0.2, 0) is 13.0 Å². The Labute approximate surface area is 186 Å². The number of nitrogens with two attached hydrogens (primary N) is 1. The topological polar surface area (TPSA) is 103 Å². The van der Waals surface area contributed by atoms with Crippen molar-refractivity contribution in [1.82, 2.24) is 10.5 Å². The molecule has 162 valence electrons. The lowest BCUT2D eigenvalue weighted by Crippen LogP contribution is -2.37. The summed E-state index contributed by atoms with van der Waals surface area (Å²) in [5, 5.41) is 7.40. The summed E-state index contributed by atoms with van der Waals surface area (Å²) in [5.41, 5.74) is 9.43. The minimum atomic E-state index is -0.418. The molecule has 0 fully saturated rings. The van der Waals surface area contributed by atoms with Gasteiger partial charge in [-0.2, -0.15) is 0 Å². The third-order valence-corrected chi connectivity index (χ3v) is 4.82. The number of aryl methyl sites for hydroxylation is 2. The van der Waals surface area contributed by atoms with Gasteiger partial charge < -0.3 is 15.0 Å². The van der Waals surface area contributed by atoms with E-state index in [0.717, 1.165) is 23.1 Å². The number of nitrogens with zero attached hydrogens (tertiary/aromatic N) is 2. The highest BCUT2D eigenvalue weighted by Gasteiger charge is 2.24. The Morgan fingerprint density at radius 2 is 2.00 bits per heavy atom. The third-order valence-electron chi connectivity index (χ3n) is 4.61. The van der Waals surface area contributed by atoms with Crippen molar-refractivity contribution in [3.8, 4) is 17.0 Å². The number of aliphatic imine (C=N–C) groups is 1. The molecule has 0 aliphatic carbocycles. The first-order chi connectivity index (χ1) is 14.9. The molecule has 7 nitrogen and oxygen atoms in total. The van der Waals surface area contributed by atoms with Crippen molar-refractivity contribution in [1.29, 1.82) is 0 Å². The Bertz CT molecular complexity index is 1070. The number of amides is 1. The van der Waals surface area contributed by atoms with Crippen LogP contribution in [0.25, 0.3) is 11.3 Å². The lowest BCUT2D eigenvalue weighted by molar-refractivity contribution is 0.0975. The Kier molecular flexibility index (Phi) is 7.31. The second-order valence-electron chi connectivity index (χ2n) is 7.10. The van der Waals surface area contributed by atoms with E-state index in [-0.39, 0.29) is 5.96 Å². The predicted octanol–water partition coefficient (Wildman–Crippen LogP) is 4.51. The van der Waals surface area contributed by atoms with Gasteiger partial charge in [-0.25, -0.2) is 4.99 Å². The minimum absolute atomic E-state index is 0.00644. The number of guanidine groups is 1. The van der Waals surface area contributed by atoms with E-state index in [9.17, 15) is 4.79 Å². The number of carbonyl (C=O) groups is 1. The molecular weight excluding hydrogens is 416 g/mol. The number of benzene rings is 2. The van der Waals surface area contributed by atoms with Crippen LogP contribution in [0.2, 0.25) is 5.02 Å². The van der Waals surface area contributed by atoms with Crippen molar-refractivity contribution in [2.45, 2.75) is 33.2 Å². The number of rotatable bonds is 7. The molecule has 31 heavy (non-hydrogen) atoms. The van der Waals surface area contributed by atoms with Crippen LogP contribution >= 0.6 is 11.6 Å². The van der Waals surface area contributed by atoms with E-state index in [0.29, 0.717) is 40.8 Å². The molecule has 0 bridgehead atoms. The number of hydrogen-bond donors (Lipinski definition) is 2. The molecule has 1 heterocycles. The maximum atomic E-state index is 13.0. The van der Waals surface area contributed by atoms with Crippen LogP contribution in [-0.4, -0.2) is 24.1 Å². The molecule has 0 aliphatic heterocycles. The zero-order valence-corrected chi connectivity index (χ0v) is 18.5. The summed E-state index contributed by atoms with van der Waals surface area (Å²) < 4.78 is 10.7. The molecule has 3 rings (SSSR count). The fourth-order valence-electron chi connectivity index (χ4n) is 3.20. The zero-order chi connectivity index (χ0) is 22.4.